The zero-order valence-electron chi connectivity index (χ0n) is 4.33. The van der Waals surface area contributed by atoms with Gasteiger partial charge in [0.2, 0.25) is 0 Å². The van der Waals surface area contributed by atoms with Crippen LogP contribution in [-0.4, -0.2) is 9.55 Å². The van der Waals surface area contributed by atoms with Gasteiger partial charge in [-0.3, -0.25) is 0 Å². The molecule has 0 spiro atoms. The van der Waals surface area contributed by atoms with Crippen LogP contribution >= 0.6 is 9.90 Å². The van der Waals surface area contributed by atoms with Crippen LogP contribution in [0.2, 0.25) is 0 Å². The summed E-state index contributed by atoms with van der Waals surface area (Å²) in [4.78, 5) is 3.78. The van der Waals surface area contributed by atoms with E-state index < -0.39 is 0 Å². The first-order chi connectivity index (χ1) is 2.89. The zero-order valence-corrected chi connectivity index (χ0v) is 5.75. The van der Waals surface area contributed by atoms with E-state index in [9.17, 15) is 0 Å². The third kappa shape index (κ3) is 1.69. The van der Waals surface area contributed by atoms with Gasteiger partial charge in [0, 0.05) is 19.4 Å². The molecule has 7 heavy (non-hydrogen) atoms. The first kappa shape index (κ1) is 6.64. The number of hydrogen-bond acceptors (Lipinski definition) is 1. The van der Waals surface area contributed by atoms with Gasteiger partial charge in [0.25, 0.3) is 0 Å². The van der Waals surface area contributed by atoms with Gasteiger partial charge < -0.3 is 4.57 Å². The third-order valence-corrected chi connectivity index (χ3v) is 0.637. The van der Waals surface area contributed by atoms with E-state index in [0.29, 0.717) is 0 Å². The highest BCUT2D eigenvalue weighted by molar-refractivity contribution is 6.92. The molecule has 3 heteroatoms. The lowest BCUT2D eigenvalue weighted by Gasteiger charge is -1.76. The lowest BCUT2D eigenvalue weighted by molar-refractivity contribution is 0.913. The minimum Gasteiger partial charge on any atom is -0.341 e. The summed E-state index contributed by atoms with van der Waals surface area (Å²) in [6, 6.07) is 0. The second-order valence-electron chi connectivity index (χ2n) is 1.23. The third-order valence-electron chi connectivity index (χ3n) is 0.637. The molecule has 0 N–H and O–H groups in total. The highest BCUT2D eigenvalue weighted by Gasteiger charge is 1.69. The molecule has 0 radical (unpaired) electrons. The molecule has 1 unspecified atom stereocenters. The summed E-state index contributed by atoms with van der Waals surface area (Å²) < 4.78 is 1.89. The van der Waals surface area contributed by atoms with E-state index in [1.807, 2.05) is 17.8 Å². The molecule has 2 nitrogen and oxygen atoms in total. The normalized spacial score (nSPS) is 7.57. The minimum absolute atomic E-state index is 0. The Hall–Kier alpha value is -0.360. The van der Waals surface area contributed by atoms with Crippen LogP contribution in [-0.2, 0) is 7.05 Å². The first-order valence-electron chi connectivity index (χ1n) is 1.81. The molecular formula is C4H9N2P. The lowest BCUT2D eigenvalue weighted by Crippen LogP contribution is -1.76. The van der Waals surface area contributed by atoms with E-state index in [-0.39, 0.29) is 9.90 Å². The second kappa shape index (κ2) is 2.75. The predicted octanol–water partition coefficient (Wildman–Crippen LogP) is 0.478. The summed E-state index contributed by atoms with van der Waals surface area (Å²) in [5.74, 6) is 0. The van der Waals surface area contributed by atoms with E-state index in [1.165, 1.54) is 0 Å². The topological polar surface area (TPSA) is 17.8 Å². The van der Waals surface area contributed by atoms with Crippen LogP contribution in [0.25, 0.3) is 0 Å². The fourth-order valence-electron chi connectivity index (χ4n) is 0.326. The van der Waals surface area contributed by atoms with Gasteiger partial charge in [-0.1, -0.05) is 0 Å². The fraction of sp³-hybridized carbons (Fsp3) is 0.250. The Morgan fingerprint density at radius 3 is 2.43 bits per heavy atom. The van der Waals surface area contributed by atoms with Crippen LogP contribution in [0.5, 0.6) is 0 Å². The monoisotopic (exact) mass is 116 g/mol. The summed E-state index contributed by atoms with van der Waals surface area (Å²) in [5.41, 5.74) is 0. The van der Waals surface area contributed by atoms with Crippen LogP contribution in [0.1, 0.15) is 0 Å². The quantitative estimate of drug-likeness (QED) is 0.451. The molecule has 0 aliphatic rings. The maximum Gasteiger partial charge on any atom is 0.0943 e. The van der Waals surface area contributed by atoms with Crippen molar-refractivity contribution in [3.63, 3.8) is 0 Å². The fourth-order valence-corrected chi connectivity index (χ4v) is 0.326. The minimum atomic E-state index is 0. The number of imidazole rings is 1. The van der Waals surface area contributed by atoms with Crippen molar-refractivity contribution in [2.24, 2.45) is 7.05 Å². The molecule has 0 saturated carbocycles. The summed E-state index contributed by atoms with van der Waals surface area (Å²) >= 11 is 0. The summed E-state index contributed by atoms with van der Waals surface area (Å²) in [5, 5.41) is 0. The zero-order chi connectivity index (χ0) is 4.41. The number of rotatable bonds is 0. The molecule has 1 heterocycles. The Morgan fingerprint density at radius 1 is 1.57 bits per heavy atom. The average molecular weight is 116 g/mol. The molecule has 1 aromatic heterocycles. The average Bonchev–Trinajstić information content (AvgIpc) is 1.86. The molecular weight excluding hydrogens is 107 g/mol. The van der Waals surface area contributed by atoms with Crippen LogP contribution in [0.4, 0.5) is 0 Å². The van der Waals surface area contributed by atoms with E-state index in [4.69, 9.17) is 0 Å². The van der Waals surface area contributed by atoms with Gasteiger partial charge in [-0.05, 0) is 0 Å². The van der Waals surface area contributed by atoms with Gasteiger partial charge in [0.15, 0.2) is 0 Å². The van der Waals surface area contributed by atoms with Crippen LogP contribution in [0, 0.1) is 0 Å². The molecule has 1 atom stereocenters. The summed E-state index contributed by atoms with van der Waals surface area (Å²) in [7, 11) is 1.94. The number of hydrogen-bond donors (Lipinski definition) is 0. The van der Waals surface area contributed by atoms with Gasteiger partial charge in [-0.25, -0.2) is 4.98 Å². The standard InChI is InChI=1S/C4H6N2.H3P/c1-6-3-2-5-4-6;/h2-4H,1H3;1H3. The largest absolute Gasteiger partial charge is 0.341 e. The predicted molar refractivity (Wildman–Crippen MR) is 34.3 cm³/mol. The Balaban J connectivity index is 0.000000360. The van der Waals surface area contributed by atoms with Gasteiger partial charge in [0.1, 0.15) is 0 Å². The highest BCUT2D eigenvalue weighted by atomic mass is 31.0. The van der Waals surface area contributed by atoms with Gasteiger partial charge in [-0.15, -0.1) is 0 Å². The van der Waals surface area contributed by atoms with E-state index in [1.54, 1.807) is 12.5 Å². The summed E-state index contributed by atoms with van der Waals surface area (Å²) in [6.07, 6.45) is 5.39. The molecule has 40 valence electrons. The van der Waals surface area contributed by atoms with Gasteiger partial charge in [-0.2, -0.15) is 9.90 Å². The Kier molecular flexibility index (Phi) is 2.61. The van der Waals surface area contributed by atoms with E-state index >= 15 is 0 Å². The smallest absolute Gasteiger partial charge is 0.0943 e. The molecule has 0 saturated heterocycles. The van der Waals surface area contributed by atoms with Gasteiger partial charge >= 0.3 is 0 Å². The van der Waals surface area contributed by atoms with Crippen molar-refractivity contribution >= 4 is 9.90 Å². The van der Waals surface area contributed by atoms with Crippen LogP contribution in [0.3, 0.4) is 0 Å². The molecule has 0 fully saturated rings. The van der Waals surface area contributed by atoms with Gasteiger partial charge in [0.05, 0.1) is 6.33 Å². The van der Waals surface area contributed by atoms with Crippen molar-refractivity contribution in [1.82, 2.24) is 9.55 Å². The molecule has 0 aliphatic heterocycles. The lowest BCUT2D eigenvalue weighted by atomic mass is 10.9. The molecule has 1 rings (SSSR count). The summed E-state index contributed by atoms with van der Waals surface area (Å²) in [6.45, 7) is 0. The Bertz CT molecular complexity index is 113. The SMILES string of the molecule is Cn1ccnc1.P. The Labute approximate surface area is 46.2 Å². The molecule has 0 aliphatic carbocycles. The van der Waals surface area contributed by atoms with Crippen LogP contribution < -0.4 is 0 Å². The second-order valence-corrected chi connectivity index (χ2v) is 1.23. The molecule has 0 aromatic carbocycles. The van der Waals surface area contributed by atoms with Crippen molar-refractivity contribution in [1.29, 1.82) is 0 Å². The maximum absolute atomic E-state index is 3.78. The molecule has 1 aromatic rings. The van der Waals surface area contributed by atoms with Crippen molar-refractivity contribution in [3.8, 4) is 0 Å². The van der Waals surface area contributed by atoms with Crippen molar-refractivity contribution in [2.45, 2.75) is 0 Å². The number of aryl methyl sites for hydroxylation is 1. The number of aromatic nitrogens is 2. The molecule has 0 bridgehead atoms. The highest BCUT2D eigenvalue weighted by Crippen LogP contribution is 1.73. The van der Waals surface area contributed by atoms with E-state index in [0.717, 1.165) is 0 Å². The first-order valence-corrected chi connectivity index (χ1v) is 1.81. The Morgan fingerprint density at radius 2 is 2.29 bits per heavy atom. The van der Waals surface area contributed by atoms with Crippen molar-refractivity contribution in [3.05, 3.63) is 18.7 Å². The van der Waals surface area contributed by atoms with Crippen molar-refractivity contribution in [2.75, 3.05) is 0 Å². The van der Waals surface area contributed by atoms with Crippen molar-refractivity contribution < 1.29 is 0 Å². The van der Waals surface area contributed by atoms with E-state index in [2.05, 4.69) is 4.98 Å². The molecule has 0 amide bonds. The van der Waals surface area contributed by atoms with Crippen LogP contribution in [0.15, 0.2) is 18.7 Å². The number of nitrogens with zero attached hydrogens (tertiary/aromatic N) is 2. The maximum atomic E-state index is 3.78.